The summed E-state index contributed by atoms with van der Waals surface area (Å²) in [4.78, 5) is 11.3. The third kappa shape index (κ3) is 8.12. The number of hydrogen-bond acceptors (Lipinski definition) is 1. The molecule has 0 aliphatic heterocycles. The number of nitrogens with zero attached hydrogens (tertiary/aromatic N) is 1. The Morgan fingerprint density at radius 2 is 1.90 bits per heavy atom. The van der Waals surface area contributed by atoms with E-state index < -0.39 is 0 Å². The lowest BCUT2D eigenvalue weighted by Crippen LogP contribution is -3.00. The van der Waals surface area contributed by atoms with Crippen molar-refractivity contribution in [3.8, 4) is 0 Å². The number of nitrogens with one attached hydrogen (secondary N) is 1. The van der Waals surface area contributed by atoms with E-state index in [0.717, 1.165) is 30.5 Å². The predicted molar refractivity (Wildman–Crippen MR) is 79.6 cm³/mol. The zero-order valence-corrected chi connectivity index (χ0v) is 14.2. The highest BCUT2D eigenvalue weighted by Gasteiger charge is 2.15. The number of quaternary nitrogens is 1. The fourth-order valence-electron chi connectivity index (χ4n) is 2.09. The maximum Gasteiger partial charge on any atom is 0.243 e. The Kier molecular flexibility index (Phi) is 9.17. The molecule has 0 radical (unpaired) electrons. The second-order valence-corrected chi connectivity index (χ2v) is 5.45. The monoisotopic (exact) mass is 340 g/mol. The Labute approximate surface area is 133 Å². The summed E-state index contributed by atoms with van der Waals surface area (Å²) in [6, 6.07) is 10.5. The van der Waals surface area contributed by atoms with E-state index in [2.05, 4.69) is 43.7 Å². The molecule has 1 aromatic rings. The second-order valence-electron chi connectivity index (χ2n) is 5.45. The molecule has 0 saturated carbocycles. The summed E-state index contributed by atoms with van der Waals surface area (Å²) in [6.07, 6.45) is 4.30. The number of amides is 1. The molecule has 0 spiro atoms. The summed E-state index contributed by atoms with van der Waals surface area (Å²) in [5, 5.41) is 2.88. The third-order valence-electron chi connectivity index (χ3n) is 3.01. The molecule has 3 nitrogen and oxygen atoms in total. The van der Waals surface area contributed by atoms with Gasteiger partial charge in [-0.2, -0.15) is 0 Å². The van der Waals surface area contributed by atoms with Crippen LogP contribution in [0.3, 0.4) is 0 Å². The van der Waals surface area contributed by atoms with Crippen molar-refractivity contribution in [3.05, 3.63) is 48.0 Å². The Hall–Kier alpha value is -1.13. The van der Waals surface area contributed by atoms with Crippen LogP contribution in [0.1, 0.15) is 18.9 Å². The van der Waals surface area contributed by atoms with Crippen molar-refractivity contribution in [1.29, 1.82) is 0 Å². The van der Waals surface area contributed by atoms with Crippen LogP contribution >= 0.6 is 0 Å². The lowest BCUT2D eigenvalue weighted by Gasteiger charge is -2.30. The average Bonchev–Trinajstić information content (AvgIpc) is 2.36. The number of carbonyl (C=O) groups is 1. The van der Waals surface area contributed by atoms with E-state index in [1.807, 2.05) is 13.0 Å². The molecule has 0 atom stereocenters. The van der Waals surface area contributed by atoms with Gasteiger partial charge in [0.1, 0.15) is 6.54 Å². The van der Waals surface area contributed by atoms with Gasteiger partial charge < -0.3 is 26.8 Å². The van der Waals surface area contributed by atoms with Gasteiger partial charge in [0.2, 0.25) is 5.91 Å². The summed E-state index contributed by atoms with van der Waals surface area (Å²) in [6.45, 7) is 4.65. The lowest BCUT2D eigenvalue weighted by atomic mass is 10.2. The molecule has 0 saturated heterocycles. The van der Waals surface area contributed by atoms with Crippen molar-refractivity contribution < 1.29 is 26.3 Å². The quantitative estimate of drug-likeness (QED) is 0.399. The second kappa shape index (κ2) is 9.72. The molecule has 1 amide bonds. The van der Waals surface area contributed by atoms with Crippen LogP contribution in [0.5, 0.6) is 0 Å². The van der Waals surface area contributed by atoms with E-state index in [4.69, 9.17) is 0 Å². The van der Waals surface area contributed by atoms with Crippen LogP contribution in [-0.4, -0.2) is 37.6 Å². The highest BCUT2D eigenvalue weighted by Crippen LogP contribution is 2.09. The minimum atomic E-state index is -0.00383. The van der Waals surface area contributed by atoms with Crippen LogP contribution in [0.25, 0.3) is 0 Å². The zero-order chi connectivity index (χ0) is 14.1. The van der Waals surface area contributed by atoms with Crippen LogP contribution in [0.2, 0.25) is 0 Å². The summed E-state index contributed by atoms with van der Waals surface area (Å²) in [5.74, 6) is -0.00383. The van der Waals surface area contributed by atoms with Crippen molar-refractivity contribution >= 4 is 5.91 Å². The first-order valence-electron chi connectivity index (χ1n) is 6.80. The van der Waals surface area contributed by atoms with Crippen molar-refractivity contribution in [2.24, 2.45) is 0 Å². The minimum absolute atomic E-state index is 0. The first-order valence-corrected chi connectivity index (χ1v) is 6.80. The van der Waals surface area contributed by atoms with Gasteiger partial charge in [-0.25, -0.2) is 0 Å². The number of benzene rings is 1. The van der Waals surface area contributed by atoms with Crippen LogP contribution in [0, 0.1) is 0 Å². The van der Waals surface area contributed by atoms with Crippen LogP contribution < -0.4 is 22.3 Å². The molecule has 0 aliphatic rings. The normalized spacial score (nSPS) is 11.2. The van der Waals surface area contributed by atoms with E-state index >= 15 is 0 Å². The molecule has 0 bridgehead atoms. The fraction of sp³-hybridized carbons (Fsp3) is 0.438. The van der Waals surface area contributed by atoms with Gasteiger partial charge in [-0.15, -0.1) is 0 Å². The molecular formula is C16H25BrN2O. The lowest BCUT2D eigenvalue weighted by molar-refractivity contribution is -0.903. The number of rotatable bonds is 7. The number of hydrogen-bond donors (Lipinski definition) is 1. The van der Waals surface area contributed by atoms with Gasteiger partial charge in [-0.3, -0.25) is 4.79 Å². The molecule has 1 rings (SSSR count). The molecule has 0 unspecified atom stereocenters. The molecule has 1 aromatic carbocycles. The van der Waals surface area contributed by atoms with Crippen molar-refractivity contribution in [1.82, 2.24) is 5.32 Å². The Morgan fingerprint density at radius 3 is 2.50 bits per heavy atom. The SMILES string of the molecule is CC=CC(=O)NCCC[N+](C)(C)Cc1ccccc1.[Br-]. The average molecular weight is 341 g/mol. The van der Waals surface area contributed by atoms with Gasteiger partial charge in [0.05, 0.1) is 20.6 Å². The molecule has 0 aliphatic carbocycles. The summed E-state index contributed by atoms with van der Waals surface area (Å²) >= 11 is 0. The Bertz CT molecular complexity index is 416. The highest BCUT2D eigenvalue weighted by molar-refractivity contribution is 5.87. The van der Waals surface area contributed by atoms with Crippen molar-refractivity contribution in [3.63, 3.8) is 0 Å². The largest absolute Gasteiger partial charge is 1.00 e. The first kappa shape index (κ1) is 18.9. The van der Waals surface area contributed by atoms with Crippen LogP contribution in [0.4, 0.5) is 0 Å². The molecule has 20 heavy (non-hydrogen) atoms. The van der Waals surface area contributed by atoms with E-state index in [1.54, 1.807) is 12.2 Å². The summed E-state index contributed by atoms with van der Waals surface area (Å²) in [5.41, 5.74) is 1.35. The summed E-state index contributed by atoms with van der Waals surface area (Å²) in [7, 11) is 4.45. The summed E-state index contributed by atoms with van der Waals surface area (Å²) < 4.78 is 0.934. The predicted octanol–water partition coefficient (Wildman–Crippen LogP) is -0.651. The van der Waals surface area contributed by atoms with E-state index in [0.29, 0.717) is 0 Å². The molecule has 0 aromatic heterocycles. The van der Waals surface area contributed by atoms with Crippen molar-refractivity contribution in [2.45, 2.75) is 19.9 Å². The third-order valence-corrected chi connectivity index (χ3v) is 3.01. The van der Waals surface area contributed by atoms with E-state index in [1.165, 1.54) is 5.56 Å². The van der Waals surface area contributed by atoms with Gasteiger partial charge >= 0.3 is 0 Å². The van der Waals surface area contributed by atoms with E-state index in [-0.39, 0.29) is 22.9 Å². The maximum absolute atomic E-state index is 11.3. The van der Waals surface area contributed by atoms with Gasteiger partial charge in [-0.05, 0) is 13.0 Å². The molecule has 0 fully saturated rings. The smallest absolute Gasteiger partial charge is 0.243 e. The van der Waals surface area contributed by atoms with Crippen LogP contribution in [0.15, 0.2) is 42.5 Å². The molecule has 112 valence electrons. The molecule has 4 heteroatoms. The van der Waals surface area contributed by atoms with Gasteiger partial charge in [0.25, 0.3) is 0 Å². The fourth-order valence-corrected chi connectivity index (χ4v) is 2.09. The van der Waals surface area contributed by atoms with Crippen molar-refractivity contribution in [2.75, 3.05) is 27.2 Å². The maximum atomic E-state index is 11.3. The number of allylic oxidation sites excluding steroid dienone is 1. The van der Waals surface area contributed by atoms with E-state index in [9.17, 15) is 4.79 Å². The number of carbonyl (C=O) groups excluding carboxylic acids is 1. The topological polar surface area (TPSA) is 29.1 Å². The van der Waals surface area contributed by atoms with Gasteiger partial charge in [-0.1, -0.05) is 36.4 Å². The zero-order valence-electron chi connectivity index (χ0n) is 12.6. The van der Waals surface area contributed by atoms with Crippen LogP contribution in [-0.2, 0) is 11.3 Å². The Balaban J connectivity index is 0.00000361. The first-order chi connectivity index (χ1) is 9.03. The van der Waals surface area contributed by atoms with Gasteiger partial charge in [0.15, 0.2) is 0 Å². The molecule has 1 N–H and O–H groups in total. The highest BCUT2D eigenvalue weighted by atomic mass is 79.9. The number of halogens is 1. The molecular weight excluding hydrogens is 316 g/mol. The molecule has 0 heterocycles. The minimum Gasteiger partial charge on any atom is -1.00 e. The Morgan fingerprint density at radius 1 is 1.25 bits per heavy atom. The standard InChI is InChI=1S/C16H24N2O.BrH/c1-4-9-16(19)17-12-8-13-18(2,3)14-15-10-6-5-7-11-15;/h4-7,9-11H,8,12-14H2,1-3H3;1H. The van der Waals surface area contributed by atoms with Gasteiger partial charge in [0, 0.05) is 18.5 Å².